The average Bonchev–Trinajstić information content (AvgIpc) is 3.21. The largest absolute Gasteiger partial charge is 0.325 e. The van der Waals surface area contributed by atoms with Gasteiger partial charge in [-0.05, 0) is 31.0 Å². The molecule has 0 aliphatic heterocycles. The van der Waals surface area contributed by atoms with Crippen LogP contribution in [-0.4, -0.2) is 25.9 Å². The highest BCUT2D eigenvalue weighted by molar-refractivity contribution is 8.00. The van der Waals surface area contributed by atoms with Crippen LogP contribution in [0.3, 0.4) is 0 Å². The molecule has 32 heavy (non-hydrogen) atoms. The second-order valence-corrected chi connectivity index (χ2v) is 8.77. The van der Waals surface area contributed by atoms with E-state index in [0.717, 1.165) is 34.3 Å². The van der Waals surface area contributed by atoms with E-state index in [9.17, 15) is 4.79 Å². The van der Waals surface area contributed by atoms with Crippen LogP contribution in [0.5, 0.6) is 0 Å². The summed E-state index contributed by atoms with van der Waals surface area (Å²) in [4.78, 5) is 13.0. The van der Waals surface area contributed by atoms with Crippen molar-refractivity contribution in [1.29, 1.82) is 0 Å². The van der Waals surface area contributed by atoms with Gasteiger partial charge in [0.1, 0.15) is 5.82 Å². The van der Waals surface area contributed by atoms with E-state index < -0.39 is 0 Å². The summed E-state index contributed by atoms with van der Waals surface area (Å²) in [6.45, 7) is 4.72. The smallest absolute Gasteiger partial charge is 0.237 e. The van der Waals surface area contributed by atoms with Crippen LogP contribution in [0.1, 0.15) is 25.2 Å². The van der Waals surface area contributed by atoms with Crippen LogP contribution in [0.15, 0.2) is 90.1 Å². The number of hydrogen-bond donors (Lipinski definition) is 1. The molecule has 162 valence electrons. The average molecular weight is 443 g/mol. The number of aromatic nitrogens is 3. The molecule has 3 aromatic carbocycles. The summed E-state index contributed by atoms with van der Waals surface area (Å²) < 4.78 is 2.08. The summed E-state index contributed by atoms with van der Waals surface area (Å²) in [5.74, 6) is 0.844. The second-order valence-electron chi connectivity index (χ2n) is 7.47. The number of nitrogens with zero attached hydrogens (tertiary/aromatic N) is 3. The molecule has 0 unspecified atom stereocenters. The monoisotopic (exact) mass is 442 g/mol. The Labute approximate surface area is 192 Å². The highest BCUT2D eigenvalue weighted by atomic mass is 32.2. The Kier molecular flexibility index (Phi) is 7.02. The van der Waals surface area contributed by atoms with Crippen LogP contribution in [0.2, 0.25) is 0 Å². The van der Waals surface area contributed by atoms with E-state index in [1.165, 1.54) is 17.3 Å². The van der Waals surface area contributed by atoms with E-state index in [4.69, 9.17) is 0 Å². The van der Waals surface area contributed by atoms with Crippen molar-refractivity contribution in [3.63, 3.8) is 0 Å². The van der Waals surface area contributed by atoms with Crippen molar-refractivity contribution in [3.8, 4) is 11.1 Å². The number of hydrogen-bond acceptors (Lipinski definition) is 4. The fourth-order valence-corrected chi connectivity index (χ4v) is 4.47. The lowest BCUT2D eigenvalue weighted by molar-refractivity contribution is -0.115. The van der Waals surface area contributed by atoms with Gasteiger partial charge in [0.2, 0.25) is 5.91 Å². The van der Waals surface area contributed by atoms with Gasteiger partial charge in [0.05, 0.1) is 5.25 Å². The number of rotatable bonds is 8. The molecular formula is C26H26N4OS. The van der Waals surface area contributed by atoms with Gasteiger partial charge >= 0.3 is 0 Å². The van der Waals surface area contributed by atoms with E-state index in [2.05, 4.69) is 39.1 Å². The van der Waals surface area contributed by atoms with Crippen molar-refractivity contribution in [1.82, 2.24) is 14.8 Å². The minimum Gasteiger partial charge on any atom is -0.325 e. The molecule has 4 rings (SSSR count). The van der Waals surface area contributed by atoms with Crippen molar-refractivity contribution < 1.29 is 4.79 Å². The third-order valence-corrected chi connectivity index (χ3v) is 6.32. The Morgan fingerprint density at radius 3 is 2.31 bits per heavy atom. The molecule has 1 heterocycles. The van der Waals surface area contributed by atoms with Gasteiger partial charge in [-0.3, -0.25) is 4.79 Å². The van der Waals surface area contributed by atoms with Gasteiger partial charge in [-0.25, -0.2) is 0 Å². The van der Waals surface area contributed by atoms with Crippen molar-refractivity contribution >= 4 is 23.4 Å². The molecule has 0 bridgehead atoms. The molecule has 0 saturated heterocycles. The zero-order valence-corrected chi connectivity index (χ0v) is 19.0. The van der Waals surface area contributed by atoms with E-state index in [-0.39, 0.29) is 11.2 Å². The fourth-order valence-electron chi connectivity index (χ4n) is 3.54. The van der Waals surface area contributed by atoms with Crippen LogP contribution in [-0.2, 0) is 17.8 Å². The van der Waals surface area contributed by atoms with Gasteiger partial charge in [-0.1, -0.05) is 90.6 Å². The van der Waals surface area contributed by atoms with Crippen LogP contribution in [0, 0.1) is 0 Å². The predicted octanol–water partition coefficient (Wildman–Crippen LogP) is 5.68. The van der Waals surface area contributed by atoms with E-state index >= 15 is 0 Å². The maximum absolute atomic E-state index is 13.0. The summed E-state index contributed by atoms with van der Waals surface area (Å²) in [6, 6.07) is 28.2. The summed E-state index contributed by atoms with van der Waals surface area (Å²) in [5.41, 5.74) is 4.06. The normalized spacial score (nSPS) is 11.8. The number of carbonyl (C=O) groups is 1. The van der Waals surface area contributed by atoms with Crippen LogP contribution >= 0.6 is 11.8 Å². The minimum absolute atomic E-state index is 0.0614. The molecular weight excluding hydrogens is 416 g/mol. The van der Waals surface area contributed by atoms with Crippen molar-refractivity contribution in [3.05, 3.63) is 96.3 Å². The van der Waals surface area contributed by atoms with E-state index in [1.807, 2.05) is 79.7 Å². The summed E-state index contributed by atoms with van der Waals surface area (Å²) >= 11 is 1.43. The zero-order valence-electron chi connectivity index (χ0n) is 18.2. The van der Waals surface area contributed by atoms with E-state index in [1.54, 1.807) is 0 Å². The topological polar surface area (TPSA) is 59.8 Å². The van der Waals surface area contributed by atoms with Crippen LogP contribution < -0.4 is 5.32 Å². The molecule has 1 aromatic heterocycles. The maximum Gasteiger partial charge on any atom is 0.237 e. The number of amides is 1. The molecule has 1 N–H and O–H groups in total. The molecule has 1 amide bonds. The van der Waals surface area contributed by atoms with Gasteiger partial charge in [0.25, 0.3) is 0 Å². The zero-order chi connectivity index (χ0) is 22.3. The molecule has 0 saturated carbocycles. The molecule has 1 atom stereocenters. The van der Waals surface area contributed by atoms with Gasteiger partial charge in [0, 0.05) is 24.2 Å². The number of carbonyl (C=O) groups excluding carboxylic acids is 1. The number of benzene rings is 3. The highest BCUT2D eigenvalue weighted by Crippen LogP contribution is 2.29. The van der Waals surface area contributed by atoms with Gasteiger partial charge in [0.15, 0.2) is 5.16 Å². The summed E-state index contributed by atoms with van der Waals surface area (Å²) in [5, 5.41) is 12.3. The second kappa shape index (κ2) is 10.3. The van der Waals surface area contributed by atoms with Crippen molar-refractivity contribution in [2.24, 2.45) is 0 Å². The van der Waals surface area contributed by atoms with Gasteiger partial charge in [-0.15, -0.1) is 10.2 Å². The third kappa shape index (κ3) is 5.08. The lowest BCUT2D eigenvalue weighted by Gasteiger charge is -2.15. The Hall–Kier alpha value is -3.38. The SMILES string of the molecule is CCn1c(Cc2ccccc2)nnc1S[C@@H](C)C(=O)Nc1ccccc1-c1ccccc1. The summed E-state index contributed by atoms with van der Waals surface area (Å²) in [6.07, 6.45) is 0.716. The third-order valence-electron chi connectivity index (χ3n) is 5.24. The van der Waals surface area contributed by atoms with Gasteiger partial charge in [-0.2, -0.15) is 0 Å². The Morgan fingerprint density at radius 1 is 0.938 bits per heavy atom. The molecule has 0 fully saturated rings. The number of anilines is 1. The van der Waals surface area contributed by atoms with Crippen molar-refractivity contribution in [2.75, 3.05) is 5.32 Å². The molecule has 0 spiro atoms. The Bertz CT molecular complexity index is 1170. The quantitative estimate of drug-likeness (QED) is 0.357. The molecule has 0 radical (unpaired) electrons. The fraction of sp³-hybridized carbons (Fsp3) is 0.192. The first-order valence-corrected chi connectivity index (χ1v) is 11.6. The number of thioether (sulfide) groups is 1. The molecule has 4 aromatic rings. The number of nitrogens with one attached hydrogen (secondary N) is 1. The maximum atomic E-state index is 13.0. The number of para-hydroxylation sites is 1. The molecule has 5 nitrogen and oxygen atoms in total. The molecule has 0 aliphatic carbocycles. The van der Waals surface area contributed by atoms with Gasteiger partial charge < -0.3 is 9.88 Å². The standard InChI is InChI=1S/C26H26N4OS/c1-3-30-24(18-20-12-6-4-7-13-20)28-29-26(30)32-19(2)25(31)27-23-17-11-10-16-22(23)21-14-8-5-9-15-21/h4-17,19H,3,18H2,1-2H3,(H,27,31)/t19-/m0/s1. The lowest BCUT2D eigenvalue weighted by atomic mass is 10.0. The predicted molar refractivity (Wildman–Crippen MR) is 131 cm³/mol. The molecule has 6 heteroatoms. The first-order valence-electron chi connectivity index (χ1n) is 10.7. The van der Waals surface area contributed by atoms with Crippen LogP contribution in [0.4, 0.5) is 5.69 Å². The summed E-state index contributed by atoms with van der Waals surface area (Å²) in [7, 11) is 0. The Morgan fingerprint density at radius 2 is 1.59 bits per heavy atom. The lowest BCUT2D eigenvalue weighted by Crippen LogP contribution is -2.23. The van der Waals surface area contributed by atoms with E-state index in [0.29, 0.717) is 6.42 Å². The first-order chi connectivity index (χ1) is 15.7. The highest BCUT2D eigenvalue weighted by Gasteiger charge is 2.21. The first kappa shape index (κ1) is 21.8. The molecule has 0 aliphatic rings. The van der Waals surface area contributed by atoms with Crippen molar-refractivity contribution in [2.45, 2.75) is 37.2 Å². The Balaban J connectivity index is 1.47. The van der Waals surface area contributed by atoms with Crippen LogP contribution in [0.25, 0.3) is 11.1 Å². The minimum atomic E-state index is -0.321.